The second-order valence-corrected chi connectivity index (χ2v) is 7.54. The van der Waals surface area contributed by atoms with Gasteiger partial charge in [-0.05, 0) is 27.4 Å². The number of carbonyl (C=O) groups is 1. The summed E-state index contributed by atoms with van der Waals surface area (Å²) in [6, 6.07) is 1.95. The standard InChI is InChI=1S/C11H11BrN4O5S2/c1-20-7-5-8(21-2)14-10(13-7)15-11(17)16-23(18,19)9-6(12)3-4-22-9/h3-5H,1-2H3,(H2,13,14,15,16,17). The van der Waals surface area contributed by atoms with E-state index in [0.29, 0.717) is 4.47 Å². The number of hydrogen-bond donors (Lipinski definition) is 2. The number of methoxy groups -OCH3 is 2. The Labute approximate surface area is 144 Å². The summed E-state index contributed by atoms with van der Waals surface area (Å²) in [4.78, 5) is 19.6. The van der Waals surface area contributed by atoms with Gasteiger partial charge >= 0.3 is 6.03 Å². The molecule has 0 aliphatic rings. The summed E-state index contributed by atoms with van der Waals surface area (Å²) in [5.41, 5.74) is 0. The highest BCUT2D eigenvalue weighted by atomic mass is 79.9. The number of amides is 2. The van der Waals surface area contributed by atoms with Crippen molar-refractivity contribution in [2.75, 3.05) is 19.5 Å². The predicted octanol–water partition coefficient (Wildman–Crippen LogP) is 1.83. The minimum absolute atomic E-state index is 0.0169. The molecule has 0 saturated carbocycles. The second kappa shape index (κ2) is 7.10. The third kappa shape index (κ3) is 4.30. The molecule has 2 N–H and O–H groups in total. The fourth-order valence-electron chi connectivity index (χ4n) is 1.44. The molecule has 0 atom stereocenters. The number of aromatic nitrogens is 2. The number of thiophene rings is 1. The number of nitrogens with zero attached hydrogens (tertiary/aromatic N) is 2. The van der Waals surface area contributed by atoms with Crippen molar-refractivity contribution >= 4 is 49.3 Å². The molecule has 0 unspecified atom stereocenters. The molecule has 0 aliphatic carbocycles. The molecular weight excluding hydrogens is 412 g/mol. The van der Waals surface area contributed by atoms with Crippen LogP contribution in [0.25, 0.3) is 0 Å². The maximum absolute atomic E-state index is 12.1. The zero-order valence-electron chi connectivity index (χ0n) is 11.9. The number of sulfonamides is 1. The lowest BCUT2D eigenvalue weighted by molar-refractivity contribution is 0.256. The van der Waals surface area contributed by atoms with Crippen molar-refractivity contribution in [3.05, 3.63) is 22.0 Å². The monoisotopic (exact) mass is 422 g/mol. The first-order valence-electron chi connectivity index (χ1n) is 5.89. The molecule has 23 heavy (non-hydrogen) atoms. The molecule has 2 aromatic rings. The summed E-state index contributed by atoms with van der Waals surface area (Å²) in [7, 11) is -1.25. The number of urea groups is 1. The quantitative estimate of drug-likeness (QED) is 0.753. The fourth-order valence-corrected chi connectivity index (χ4v) is 4.68. The highest BCUT2D eigenvalue weighted by Crippen LogP contribution is 2.27. The molecule has 124 valence electrons. The summed E-state index contributed by atoms with van der Waals surface area (Å²) in [5, 5.41) is 3.78. The molecular formula is C11H11BrN4O5S2. The van der Waals surface area contributed by atoms with E-state index in [4.69, 9.17) is 9.47 Å². The molecule has 2 aromatic heterocycles. The van der Waals surface area contributed by atoms with Gasteiger partial charge in [-0.15, -0.1) is 11.3 Å². The first kappa shape index (κ1) is 17.4. The fraction of sp³-hybridized carbons (Fsp3) is 0.182. The minimum atomic E-state index is -4.01. The number of rotatable bonds is 5. The molecule has 2 amide bonds. The van der Waals surface area contributed by atoms with Crippen molar-refractivity contribution in [1.82, 2.24) is 14.7 Å². The molecule has 12 heteroatoms. The molecule has 0 fully saturated rings. The van der Waals surface area contributed by atoms with Crippen LogP contribution in [0, 0.1) is 0 Å². The Balaban J connectivity index is 2.15. The Morgan fingerprint density at radius 1 is 1.26 bits per heavy atom. The van der Waals surface area contributed by atoms with E-state index in [1.165, 1.54) is 20.3 Å². The number of halogens is 1. The Hall–Kier alpha value is -1.92. The predicted molar refractivity (Wildman–Crippen MR) is 86.5 cm³/mol. The van der Waals surface area contributed by atoms with Crippen LogP contribution in [0.1, 0.15) is 0 Å². The topological polar surface area (TPSA) is 120 Å². The number of hydrogen-bond acceptors (Lipinski definition) is 8. The van der Waals surface area contributed by atoms with E-state index >= 15 is 0 Å². The SMILES string of the molecule is COc1cc(OC)nc(NC(=O)NS(=O)(=O)c2sccc2Br)n1. The van der Waals surface area contributed by atoms with E-state index in [1.807, 2.05) is 4.72 Å². The van der Waals surface area contributed by atoms with Gasteiger partial charge in [-0.3, -0.25) is 5.32 Å². The Morgan fingerprint density at radius 3 is 2.35 bits per heavy atom. The van der Waals surface area contributed by atoms with E-state index < -0.39 is 16.1 Å². The van der Waals surface area contributed by atoms with Gasteiger partial charge in [-0.1, -0.05) is 0 Å². The summed E-state index contributed by atoms with van der Waals surface area (Å²) in [6.07, 6.45) is 0. The number of carbonyl (C=O) groups excluding carboxylic acids is 1. The highest BCUT2D eigenvalue weighted by molar-refractivity contribution is 9.10. The van der Waals surface area contributed by atoms with Crippen LogP contribution in [0.3, 0.4) is 0 Å². The summed E-state index contributed by atoms with van der Waals surface area (Å²) in [6.45, 7) is 0. The van der Waals surface area contributed by atoms with Crippen molar-refractivity contribution in [3.63, 3.8) is 0 Å². The van der Waals surface area contributed by atoms with Crippen LogP contribution < -0.4 is 19.5 Å². The van der Waals surface area contributed by atoms with Crippen molar-refractivity contribution in [2.24, 2.45) is 0 Å². The average molecular weight is 423 g/mol. The smallest absolute Gasteiger partial charge is 0.335 e. The first-order valence-corrected chi connectivity index (χ1v) is 9.05. The zero-order valence-corrected chi connectivity index (χ0v) is 15.1. The molecule has 0 aromatic carbocycles. The van der Waals surface area contributed by atoms with Crippen LogP contribution >= 0.6 is 27.3 Å². The van der Waals surface area contributed by atoms with Gasteiger partial charge in [-0.2, -0.15) is 9.97 Å². The van der Waals surface area contributed by atoms with Crippen LogP contribution in [0.2, 0.25) is 0 Å². The summed E-state index contributed by atoms with van der Waals surface area (Å²) >= 11 is 4.07. The van der Waals surface area contributed by atoms with Crippen LogP contribution in [0.5, 0.6) is 11.8 Å². The van der Waals surface area contributed by atoms with E-state index in [9.17, 15) is 13.2 Å². The van der Waals surface area contributed by atoms with Gasteiger partial charge in [0.05, 0.1) is 20.3 Å². The van der Waals surface area contributed by atoms with Crippen LogP contribution in [0.4, 0.5) is 10.7 Å². The summed E-state index contributed by atoms with van der Waals surface area (Å²) in [5.74, 6) is 0.131. The lowest BCUT2D eigenvalue weighted by Gasteiger charge is -2.09. The maximum Gasteiger partial charge on any atom is 0.335 e. The van der Waals surface area contributed by atoms with E-state index in [1.54, 1.807) is 11.4 Å². The van der Waals surface area contributed by atoms with Gasteiger partial charge in [0.2, 0.25) is 17.7 Å². The van der Waals surface area contributed by atoms with Gasteiger partial charge in [0.25, 0.3) is 10.0 Å². The molecule has 0 saturated heterocycles. The van der Waals surface area contributed by atoms with Gasteiger partial charge < -0.3 is 9.47 Å². The van der Waals surface area contributed by atoms with Crippen molar-refractivity contribution in [2.45, 2.75) is 4.21 Å². The van der Waals surface area contributed by atoms with Gasteiger partial charge in [0.15, 0.2) is 4.21 Å². The third-order valence-corrected chi connectivity index (χ3v) is 6.38. The van der Waals surface area contributed by atoms with Crippen LogP contribution in [0.15, 0.2) is 26.2 Å². The Morgan fingerprint density at radius 2 is 1.87 bits per heavy atom. The molecule has 2 heterocycles. The van der Waals surface area contributed by atoms with Crippen molar-refractivity contribution in [3.8, 4) is 11.8 Å². The molecule has 0 spiro atoms. The molecule has 0 bridgehead atoms. The van der Waals surface area contributed by atoms with E-state index in [0.717, 1.165) is 11.3 Å². The van der Waals surface area contributed by atoms with Crippen molar-refractivity contribution < 1.29 is 22.7 Å². The zero-order chi connectivity index (χ0) is 17.0. The molecule has 0 aliphatic heterocycles. The van der Waals surface area contributed by atoms with Gasteiger partial charge in [-0.25, -0.2) is 17.9 Å². The largest absolute Gasteiger partial charge is 0.481 e. The first-order chi connectivity index (χ1) is 10.9. The highest BCUT2D eigenvalue weighted by Gasteiger charge is 2.22. The molecule has 9 nitrogen and oxygen atoms in total. The number of ether oxygens (including phenoxy) is 2. The minimum Gasteiger partial charge on any atom is -0.481 e. The van der Waals surface area contributed by atoms with Crippen LogP contribution in [-0.4, -0.2) is 38.6 Å². The molecule has 0 radical (unpaired) electrons. The summed E-state index contributed by atoms with van der Waals surface area (Å²) < 4.78 is 36.2. The number of nitrogens with one attached hydrogen (secondary N) is 2. The van der Waals surface area contributed by atoms with E-state index in [2.05, 4.69) is 31.2 Å². The second-order valence-electron chi connectivity index (χ2n) is 3.89. The third-order valence-electron chi connectivity index (χ3n) is 2.38. The lowest BCUT2D eigenvalue weighted by Crippen LogP contribution is -2.34. The van der Waals surface area contributed by atoms with E-state index in [-0.39, 0.29) is 21.9 Å². The van der Waals surface area contributed by atoms with Crippen molar-refractivity contribution in [1.29, 1.82) is 0 Å². The maximum atomic E-state index is 12.1. The Bertz CT molecular complexity index is 801. The van der Waals surface area contributed by atoms with Gasteiger partial charge in [0.1, 0.15) is 0 Å². The van der Waals surface area contributed by atoms with Crippen LogP contribution in [-0.2, 0) is 10.0 Å². The Kier molecular flexibility index (Phi) is 5.38. The molecule has 2 rings (SSSR count). The lowest BCUT2D eigenvalue weighted by atomic mass is 10.6. The normalized spacial score (nSPS) is 10.9. The van der Waals surface area contributed by atoms with Gasteiger partial charge in [0, 0.05) is 4.47 Å². The average Bonchev–Trinajstić information content (AvgIpc) is 2.93. The number of anilines is 1.